The zero-order valence-electron chi connectivity index (χ0n) is 14.1. The van der Waals surface area contributed by atoms with Crippen LogP contribution in [0.3, 0.4) is 0 Å². The first-order valence-electron chi connectivity index (χ1n) is 8.03. The maximum Gasteiger partial charge on any atom is 0.251 e. The molecular formula is C17H21N5O2. The summed E-state index contributed by atoms with van der Waals surface area (Å²) in [5.41, 5.74) is 1.42. The Bertz CT molecular complexity index is 751. The maximum absolute atomic E-state index is 12.3. The topological polar surface area (TPSA) is 80.1 Å². The van der Waals surface area contributed by atoms with Crippen molar-refractivity contribution in [2.75, 3.05) is 13.6 Å². The number of carbonyl (C=O) groups is 2. The molecule has 1 atom stereocenters. The number of carbonyl (C=O) groups excluding carboxylic acids is 2. The first-order valence-corrected chi connectivity index (χ1v) is 8.03. The van der Waals surface area contributed by atoms with E-state index in [0.29, 0.717) is 18.5 Å². The average molecular weight is 327 g/mol. The summed E-state index contributed by atoms with van der Waals surface area (Å²) in [6.45, 7) is 4.75. The summed E-state index contributed by atoms with van der Waals surface area (Å²) in [4.78, 5) is 30.1. The van der Waals surface area contributed by atoms with E-state index in [4.69, 9.17) is 0 Å². The van der Waals surface area contributed by atoms with Gasteiger partial charge in [0, 0.05) is 30.8 Å². The molecule has 0 bridgehead atoms. The standard InChI is InChI=1S/C17H21N5O2/c1-11(2)22-15(18-10-19-22)12-4-6-13(7-5-12)16(23)20-14-8-9-21(3)17(14)24/h4-7,10-11,14H,8-9H2,1-3H3,(H,20,23). The van der Waals surface area contributed by atoms with Gasteiger partial charge in [0.2, 0.25) is 5.91 Å². The lowest BCUT2D eigenvalue weighted by molar-refractivity contribution is -0.128. The Morgan fingerprint density at radius 1 is 1.29 bits per heavy atom. The van der Waals surface area contributed by atoms with Crippen LogP contribution in [0.1, 0.15) is 36.7 Å². The first kappa shape index (κ1) is 16.2. The van der Waals surface area contributed by atoms with Crippen molar-refractivity contribution in [2.24, 2.45) is 0 Å². The van der Waals surface area contributed by atoms with Crippen LogP contribution in [0.25, 0.3) is 11.4 Å². The van der Waals surface area contributed by atoms with Gasteiger partial charge in [0.15, 0.2) is 5.82 Å². The normalized spacial score (nSPS) is 17.6. The molecular weight excluding hydrogens is 306 g/mol. The number of aromatic nitrogens is 3. The van der Waals surface area contributed by atoms with Crippen molar-refractivity contribution < 1.29 is 9.59 Å². The molecule has 1 aromatic carbocycles. The first-order chi connectivity index (χ1) is 11.5. The van der Waals surface area contributed by atoms with Gasteiger partial charge in [-0.25, -0.2) is 9.67 Å². The van der Waals surface area contributed by atoms with E-state index in [-0.39, 0.29) is 17.9 Å². The monoisotopic (exact) mass is 327 g/mol. The molecule has 0 spiro atoms. The van der Waals surface area contributed by atoms with Crippen LogP contribution in [0.15, 0.2) is 30.6 Å². The van der Waals surface area contributed by atoms with Gasteiger partial charge in [-0.1, -0.05) is 12.1 Å². The Labute approximate surface area is 140 Å². The second kappa shape index (κ2) is 6.43. The fraction of sp³-hybridized carbons (Fsp3) is 0.412. The van der Waals surface area contributed by atoms with E-state index in [1.165, 1.54) is 6.33 Å². The fourth-order valence-electron chi connectivity index (χ4n) is 2.80. The number of hydrogen-bond acceptors (Lipinski definition) is 4. The third-order valence-corrected chi connectivity index (χ3v) is 4.20. The van der Waals surface area contributed by atoms with Gasteiger partial charge < -0.3 is 10.2 Å². The molecule has 126 valence electrons. The predicted octanol–water partition coefficient (Wildman–Crippen LogP) is 1.49. The average Bonchev–Trinajstić information content (AvgIpc) is 3.17. The van der Waals surface area contributed by atoms with E-state index in [9.17, 15) is 9.59 Å². The maximum atomic E-state index is 12.3. The second-order valence-electron chi connectivity index (χ2n) is 6.27. The number of nitrogens with one attached hydrogen (secondary N) is 1. The molecule has 1 unspecified atom stereocenters. The molecule has 1 N–H and O–H groups in total. The molecule has 0 radical (unpaired) electrons. The van der Waals surface area contributed by atoms with Gasteiger partial charge in [-0.15, -0.1) is 0 Å². The minimum absolute atomic E-state index is 0.0370. The fourth-order valence-corrected chi connectivity index (χ4v) is 2.80. The Kier molecular flexibility index (Phi) is 4.33. The van der Waals surface area contributed by atoms with Gasteiger partial charge in [0.05, 0.1) is 0 Å². The quantitative estimate of drug-likeness (QED) is 0.922. The zero-order valence-corrected chi connectivity index (χ0v) is 14.1. The minimum atomic E-state index is -0.425. The molecule has 1 aliphatic rings. The van der Waals surface area contributed by atoms with Gasteiger partial charge in [-0.3, -0.25) is 9.59 Å². The van der Waals surface area contributed by atoms with Crippen LogP contribution in [0, 0.1) is 0 Å². The van der Waals surface area contributed by atoms with E-state index in [2.05, 4.69) is 15.4 Å². The lowest BCUT2D eigenvalue weighted by Crippen LogP contribution is -2.40. The second-order valence-corrected chi connectivity index (χ2v) is 6.27. The number of rotatable bonds is 4. The van der Waals surface area contributed by atoms with Gasteiger partial charge in [-0.05, 0) is 32.4 Å². The molecule has 2 aromatic rings. The van der Waals surface area contributed by atoms with Crippen LogP contribution < -0.4 is 5.32 Å². The molecule has 7 heteroatoms. The highest BCUT2D eigenvalue weighted by Crippen LogP contribution is 2.20. The van der Waals surface area contributed by atoms with Crippen LogP contribution in [-0.4, -0.2) is 51.1 Å². The van der Waals surface area contributed by atoms with Crippen LogP contribution in [0.5, 0.6) is 0 Å². The number of likely N-dealkylation sites (tertiary alicyclic amines) is 1. The van der Waals surface area contributed by atoms with Crippen LogP contribution in [-0.2, 0) is 4.79 Å². The summed E-state index contributed by atoms with van der Waals surface area (Å²) in [6, 6.07) is 6.96. The summed E-state index contributed by atoms with van der Waals surface area (Å²) in [6.07, 6.45) is 2.18. The molecule has 1 aliphatic heterocycles. The molecule has 0 saturated carbocycles. The van der Waals surface area contributed by atoms with E-state index >= 15 is 0 Å². The van der Waals surface area contributed by atoms with Crippen molar-refractivity contribution >= 4 is 11.8 Å². The van der Waals surface area contributed by atoms with Crippen molar-refractivity contribution in [1.82, 2.24) is 25.0 Å². The van der Waals surface area contributed by atoms with Gasteiger partial charge in [-0.2, -0.15) is 5.10 Å². The molecule has 7 nitrogen and oxygen atoms in total. The van der Waals surface area contributed by atoms with Gasteiger partial charge in [0.25, 0.3) is 5.91 Å². The molecule has 24 heavy (non-hydrogen) atoms. The summed E-state index contributed by atoms with van der Waals surface area (Å²) in [5.74, 6) is 0.495. The van der Waals surface area contributed by atoms with Crippen LogP contribution in [0.4, 0.5) is 0 Å². The van der Waals surface area contributed by atoms with Crippen LogP contribution >= 0.6 is 0 Å². The summed E-state index contributed by atoms with van der Waals surface area (Å²) in [7, 11) is 1.74. The number of likely N-dealkylation sites (N-methyl/N-ethyl adjacent to an activating group) is 1. The highest BCUT2D eigenvalue weighted by atomic mass is 16.2. The van der Waals surface area contributed by atoms with Crippen molar-refractivity contribution in [3.63, 3.8) is 0 Å². The van der Waals surface area contributed by atoms with E-state index in [1.807, 2.05) is 30.7 Å². The third kappa shape index (κ3) is 3.02. The van der Waals surface area contributed by atoms with Crippen molar-refractivity contribution in [2.45, 2.75) is 32.4 Å². The molecule has 1 fully saturated rings. The molecule has 2 heterocycles. The Balaban J connectivity index is 1.73. The van der Waals surface area contributed by atoms with Crippen LogP contribution in [0.2, 0.25) is 0 Å². The Morgan fingerprint density at radius 2 is 2.00 bits per heavy atom. The number of benzene rings is 1. The molecule has 0 aliphatic carbocycles. The highest BCUT2D eigenvalue weighted by molar-refractivity contribution is 5.98. The Morgan fingerprint density at radius 3 is 2.58 bits per heavy atom. The highest BCUT2D eigenvalue weighted by Gasteiger charge is 2.30. The SMILES string of the molecule is CC(C)n1ncnc1-c1ccc(C(=O)NC2CCN(C)C2=O)cc1. The smallest absolute Gasteiger partial charge is 0.251 e. The van der Waals surface area contributed by atoms with Crippen molar-refractivity contribution in [3.05, 3.63) is 36.2 Å². The largest absolute Gasteiger partial charge is 0.344 e. The zero-order chi connectivity index (χ0) is 17.3. The summed E-state index contributed by atoms with van der Waals surface area (Å²) >= 11 is 0. The van der Waals surface area contributed by atoms with Gasteiger partial charge in [0.1, 0.15) is 12.4 Å². The summed E-state index contributed by atoms with van der Waals surface area (Å²) < 4.78 is 1.84. The van der Waals surface area contributed by atoms with E-state index in [0.717, 1.165) is 11.4 Å². The molecule has 2 amide bonds. The Hall–Kier alpha value is -2.70. The number of hydrogen-bond donors (Lipinski definition) is 1. The van der Waals surface area contributed by atoms with Crippen molar-refractivity contribution in [1.29, 1.82) is 0 Å². The molecule has 3 rings (SSSR count). The lowest BCUT2D eigenvalue weighted by Gasteiger charge is -2.13. The lowest BCUT2D eigenvalue weighted by atomic mass is 10.1. The van der Waals surface area contributed by atoms with E-state index < -0.39 is 6.04 Å². The number of nitrogens with zero attached hydrogens (tertiary/aromatic N) is 4. The number of amides is 2. The third-order valence-electron chi connectivity index (χ3n) is 4.20. The van der Waals surface area contributed by atoms with E-state index in [1.54, 1.807) is 24.1 Å². The van der Waals surface area contributed by atoms with Crippen molar-refractivity contribution in [3.8, 4) is 11.4 Å². The van der Waals surface area contributed by atoms with Gasteiger partial charge >= 0.3 is 0 Å². The predicted molar refractivity (Wildman–Crippen MR) is 89.4 cm³/mol. The molecule has 1 aromatic heterocycles. The summed E-state index contributed by atoms with van der Waals surface area (Å²) in [5, 5.41) is 7.01. The minimum Gasteiger partial charge on any atom is -0.344 e. The molecule has 1 saturated heterocycles.